The molecule has 4 rings (SSSR count). The smallest absolute Gasteiger partial charge is 0.226 e. The van der Waals surface area contributed by atoms with Crippen molar-refractivity contribution in [3.63, 3.8) is 0 Å². The molecular weight excluding hydrogens is 335 g/mol. The molecule has 0 aliphatic carbocycles. The van der Waals surface area contributed by atoms with Crippen LogP contribution in [0, 0.1) is 12.7 Å². The lowest BCUT2D eigenvalue weighted by atomic mass is 9.92. The number of hydrogen-bond donors (Lipinski definition) is 0. The van der Waals surface area contributed by atoms with Crippen molar-refractivity contribution in [1.29, 1.82) is 0 Å². The van der Waals surface area contributed by atoms with E-state index in [9.17, 15) is 9.18 Å². The van der Waals surface area contributed by atoms with Crippen molar-refractivity contribution >= 4 is 5.91 Å². The molecule has 2 aliphatic rings. The van der Waals surface area contributed by atoms with E-state index in [1.165, 1.54) is 12.1 Å². The quantitative estimate of drug-likeness (QED) is 0.836. The van der Waals surface area contributed by atoms with Crippen LogP contribution >= 0.6 is 0 Å². The van der Waals surface area contributed by atoms with Gasteiger partial charge in [0.1, 0.15) is 17.3 Å². The van der Waals surface area contributed by atoms with E-state index in [-0.39, 0.29) is 17.3 Å². The maximum absolute atomic E-state index is 13.1. The molecule has 0 radical (unpaired) electrons. The first-order valence-electron chi connectivity index (χ1n) is 9.19. The van der Waals surface area contributed by atoms with Gasteiger partial charge in [0, 0.05) is 25.1 Å². The van der Waals surface area contributed by atoms with Crippen molar-refractivity contribution in [3.8, 4) is 11.5 Å². The van der Waals surface area contributed by atoms with Crippen LogP contribution in [0.15, 0.2) is 28.7 Å². The van der Waals surface area contributed by atoms with Gasteiger partial charge in [-0.3, -0.25) is 4.79 Å². The number of aryl methyl sites for hydroxylation is 1. The third kappa shape index (κ3) is 3.38. The van der Waals surface area contributed by atoms with Gasteiger partial charge in [-0.1, -0.05) is 0 Å². The normalized spacial score (nSPS) is 23.6. The van der Waals surface area contributed by atoms with E-state index in [0.29, 0.717) is 31.2 Å². The van der Waals surface area contributed by atoms with Gasteiger partial charge >= 0.3 is 0 Å². The summed E-state index contributed by atoms with van der Waals surface area (Å²) in [6.07, 6.45) is 4.33. The monoisotopic (exact) mass is 358 g/mol. The number of nitrogens with zero attached hydrogens (tertiary/aromatic N) is 2. The Morgan fingerprint density at radius 2 is 2.04 bits per heavy atom. The number of carbonyl (C=O) groups excluding carboxylic acids is 1. The number of aromatic nitrogens is 1. The largest absolute Gasteiger partial charge is 0.441 e. The number of likely N-dealkylation sites (tertiary alicyclic amines) is 1. The van der Waals surface area contributed by atoms with E-state index < -0.39 is 0 Å². The summed E-state index contributed by atoms with van der Waals surface area (Å²) in [4.78, 5) is 19.0. The van der Waals surface area contributed by atoms with Crippen LogP contribution in [0.25, 0.3) is 11.5 Å². The first-order valence-corrected chi connectivity index (χ1v) is 9.19. The number of ether oxygens (including phenoxy) is 1. The summed E-state index contributed by atoms with van der Waals surface area (Å²) < 4.78 is 24.8. The molecule has 26 heavy (non-hydrogen) atoms. The lowest BCUT2D eigenvalue weighted by Gasteiger charge is -2.26. The minimum absolute atomic E-state index is 0.109. The lowest BCUT2D eigenvalue weighted by molar-refractivity contribution is -0.131. The average Bonchev–Trinajstić information content (AvgIpc) is 3.20. The van der Waals surface area contributed by atoms with E-state index in [4.69, 9.17) is 9.15 Å². The molecule has 6 heteroatoms. The van der Waals surface area contributed by atoms with Gasteiger partial charge in [0.2, 0.25) is 11.8 Å². The highest BCUT2D eigenvalue weighted by molar-refractivity contribution is 5.76. The average molecular weight is 358 g/mol. The second-order valence-corrected chi connectivity index (χ2v) is 7.23. The fourth-order valence-electron chi connectivity index (χ4n) is 3.87. The molecule has 1 aromatic heterocycles. The summed E-state index contributed by atoms with van der Waals surface area (Å²) in [6, 6.07) is 6.05. The summed E-state index contributed by atoms with van der Waals surface area (Å²) in [7, 11) is 0. The van der Waals surface area contributed by atoms with Gasteiger partial charge in [-0.25, -0.2) is 9.37 Å². The predicted octanol–water partition coefficient (Wildman–Crippen LogP) is 3.85. The zero-order valence-electron chi connectivity index (χ0n) is 15.0. The molecule has 3 heterocycles. The van der Waals surface area contributed by atoms with Crippen molar-refractivity contribution in [3.05, 3.63) is 41.5 Å². The summed E-state index contributed by atoms with van der Waals surface area (Å²) >= 11 is 0. The van der Waals surface area contributed by atoms with Crippen molar-refractivity contribution in [2.45, 2.75) is 51.2 Å². The van der Waals surface area contributed by atoms with Crippen LogP contribution in [0.5, 0.6) is 0 Å². The second kappa shape index (κ2) is 6.83. The molecule has 0 bridgehead atoms. The zero-order valence-corrected chi connectivity index (χ0v) is 15.0. The predicted molar refractivity (Wildman–Crippen MR) is 93.8 cm³/mol. The molecule has 2 aromatic rings. The Morgan fingerprint density at radius 3 is 2.77 bits per heavy atom. The van der Waals surface area contributed by atoms with Crippen LogP contribution in [-0.4, -0.2) is 34.5 Å². The van der Waals surface area contributed by atoms with Crippen LogP contribution < -0.4 is 0 Å². The van der Waals surface area contributed by atoms with Crippen LogP contribution in [0.2, 0.25) is 0 Å². The number of oxazole rings is 1. The first kappa shape index (κ1) is 17.2. The number of hydrogen-bond acceptors (Lipinski definition) is 4. The number of benzene rings is 1. The molecule has 1 atom stereocenters. The van der Waals surface area contributed by atoms with Gasteiger partial charge < -0.3 is 14.1 Å². The fourth-order valence-corrected chi connectivity index (χ4v) is 3.87. The SMILES string of the molecule is Cc1oc(-c2ccc(F)cc2)nc1CN1CCC2(CCCO2)CCC1=O. The van der Waals surface area contributed by atoms with Crippen LogP contribution in [-0.2, 0) is 16.1 Å². The zero-order chi connectivity index (χ0) is 18.1. The summed E-state index contributed by atoms with van der Waals surface area (Å²) in [5.41, 5.74) is 1.37. The van der Waals surface area contributed by atoms with E-state index in [1.807, 2.05) is 11.8 Å². The fraction of sp³-hybridized carbons (Fsp3) is 0.500. The minimum Gasteiger partial charge on any atom is -0.441 e. The number of carbonyl (C=O) groups is 1. The van der Waals surface area contributed by atoms with Crippen molar-refractivity contribution in [2.75, 3.05) is 13.2 Å². The molecule has 1 unspecified atom stereocenters. The van der Waals surface area contributed by atoms with Gasteiger partial charge in [-0.15, -0.1) is 0 Å². The number of halogens is 1. The minimum atomic E-state index is -0.296. The van der Waals surface area contributed by atoms with Crippen molar-refractivity contribution in [1.82, 2.24) is 9.88 Å². The van der Waals surface area contributed by atoms with Crippen molar-refractivity contribution in [2.24, 2.45) is 0 Å². The molecule has 5 nitrogen and oxygen atoms in total. The highest BCUT2D eigenvalue weighted by atomic mass is 19.1. The summed E-state index contributed by atoms with van der Waals surface area (Å²) in [6.45, 7) is 3.76. The lowest BCUT2D eigenvalue weighted by Crippen LogP contribution is -2.32. The van der Waals surface area contributed by atoms with Gasteiger partial charge in [0.15, 0.2) is 0 Å². The third-order valence-electron chi connectivity index (χ3n) is 5.49. The van der Waals surface area contributed by atoms with E-state index in [0.717, 1.165) is 43.5 Å². The standard InChI is InChI=1S/C20H23FN2O3/c1-14-17(22-19(26-14)15-3-5-16(21)6-4-15)13-23-11-10-20(8-2-12-25-20)9-7-18(23)24/h3-6H,2,7-13H2,1H3. The third-order valence-corrected chi connectivity index (χ3v) is 5.49. The molecule has 1 spiro atoms. The van der Waals surface area contributed by atoms with E-state index >= 15 is 0 Å². The Balaban J connectivity index is 1.50. The molecular formula is C20H23FN2O3. The molecule has 138 valence electrons. The van der Waals surface area contributed by atoms with Crippen LogP contribution in [0.1, 0.15) is 43.6 Å². The van der Waals surface area contributed by atoms with Crippen molar-refractivity contribution < 1.29 is 18.3 Å². The summed E-state index contributed by atoms with van der Waals surface area (Å²) in [5.74, 6) is 0.988. The first-order chi connectivity index (χ1) is 12.5. The molecule has 2 saturated heterocycles. The Hall–Kier alpha value is -2.21. The van der Waals surface area contributed by atoms with E-state index in [2.05, 4.69) is 4.98 Å². The van der Waals surface area contributed by atoms with Gasteiger partial charge in [-0.2, -0.15) is 0 Å². The second-order valence-electron chi connectivity index (χ2n) is 7.23. The highest BCUT2D eigenvalue weighted by Crippen LogP contribution is 2.36. The number of amides is 1. The van der Waals surface area contributed by atoms with Gasteiger partial charge in [-0.05, 0) is 56.9 Å². The Labute approximate surface area is 152 Å². The molecule has 2 fully saturated rings. The number of rotatable bonds is 3. The van der Waals surface area contributed by atoms with Gasteiger partial charge in [0.05, 0.1) is 12.1 Å². The molecule has 1 amide bonds. The van der Waals surface area contributed by atoms with Crippen LogP contribution in [0.3, 0.4) is 0 Å². The van der Waals surface area contributed by atoms with Crippen LogP contribution in [0.4, 0.5) is 4.39 Å². The van der Waals surface area contributed by atoms with Gasteiger partial charge in [0.25, 0.3) is 0 Å². The Morgan fingerprint density at radius 1 is 1.23 bits per heavy atom. The maximum Gasteiger partial charge on any atom is 0.226 e. The summed E-state index contributed by atoms with van der Waals surface area (Å²) in [5, 5.41) is 0. The molecule has 0 N–H and O–H groups in total. The molecule has 0 saturated carbocycles. The van der Waals surface area contributed by atoms with E-state index in [1.54, 1.807) is 12.1 Å². The maximum atomic E-state index is 13.1. The Kier molecular flexibility index (Phi) is 4.53. The highest BCUT2D eigenvalue weighted by Gasteiger charge is 2.38. The topological polar surface area (TPSA) is 55.6 Å². The molecule has 1 aromatic carbocycles. The Bertz CT molecular complexity index is 794. The molecule has 2 aliphatic heterocycles.